The minimum Gasteiger partial charge on any atom is -0.373 e. The van der Waals surface area contributed by atoms with E-state index in [2.05, 4.69) is 36.4 Å². The molecule has 2 aliphatic heterocycles. The fourth-order valence-corrected chi connectivity index (χ4v) is 9.60. The second kappa shape index (κ2) is 11.7. The van der Waals surface area contributed by atoms with Crippen molar-refractivity contribution in [3.05, 3.63) is 57.6 Å². The van der Waals surface area contributed by atoms with E-state index in [0.29, 0.717) is 23.6 Å². The number of nitrogens with zero attached hydrogens (tertiary/aromatic N) is 2. The summed E-state index contributed by atoms with van der Waals surface area (Å²) in [5, 5.41) is 19.0. The number of carbonyl (C=O) groups is 2. The van der Waals surface area contributed by atoms with Gasteiger partial charge in [-0.2, -0.15) is 0 Å². The van der Waals surface area contributed by atoms with Crippen LogP contribution >= 0.6 is 23.2 Å². The van der Waals surface area contributed by atoms with E-state index in [9.17, 15) is 14.7 Å². The maximum atomic E-state index is 16.2. The van der Waals surface area contributed by atoms with E-state index in [-0.39, 0.29) is 46.5 Å². The number of nitrogens with one attached hydrogen (secondary N) is 2. The Morgan fingerprint density at radius 2 is 1.84 bits per heavy atom. The number of aromatic nitrogens is 1. The molecule has 1 aromatic carbocycles. The predicted octanol–water partition coefficient (Wildman–Crippen LogP) is 5.90. The van der Waals surface area contributed by atoms with Gasteiger partial charge in [-0.05, 0) is 84.6 Å². The number of anilines is 1. The first-order chi connectivity index (χ1) is 21.2. The monoisotopic (exact) mass is 660 g/mol. The lowest BCUT2D eigenvalue weighted by Crippen LogP contribution is -2.56. The number of amides is 2. The van der Waals surface area contributed by atoms with Crippen molar-refractivity contribution in [2.75, 3.05) is 26.0 Å². The van der Waals surface area contributed by atoms with Crippen molar-refractivity contribution in [3.63, 3.8) is 0 Å². The molecule has 1 aromatic heterocycles. The summed E-state index contributed by atoms with van der Waals surface area (Å²) in [5.74, 6) is -2.72. The third-order valence-corrected chi connectivity index (χ3v) is 12.1. The number of hydrogen-bond acceptors (Lipinski definition) is 6. The lowest BCUT2D eigenvalue weighted by molar-refractivity contribution is -0.145. The van der Waals surface area contributed by atoms with Gasteiger partial charge in [-0.25, -0.2) is 9.37 Å². The smallest absolute Gasteiger partial charge is 0.251 e. The first-order valence-corrected chi connectivity index (χ1v) is 16.7. The molecule has 2 spiro atoms. The van der Waals surface area contributed by atoms with E-state index in [4.69, 9.17) is 27.9 Å². The molecule has 4 aliphatic rings. The number of halogens is 3. The Morgan fingerprint density at radius 1 is 1.13 bits per heavy atom. The number of likely N-dealkylation sites (N-methyl/N-ethyl adjacent to an activating group) is 1. The van der Waals surface area contributed by atoms with E-state index in [1.807, 2.05) is 6.07 Å². The zero-order chi connectivity index (χ0) is 32.5. The summed E-state index contributed by atoms with van der Waals surface area (Å²) in [7, 11) is 3.39. The van der Waals surface area contributed by atoms with Crippen LogP contribution in [0.3, 0.4) is 0 Å². The van der Waals surface area contributed by atoms with Gasteiger partial charge < -0.3 is 25.4 Å². The Kier molecular flexibility index (Phi) is 8.41. The summed E-state index contributed by atoms with van der Waals surface area (Å²) in [4.78, 5) is 32.6. The van der Waals surface area contributed by atoms with Crippen LogP contribution in [0.15, 0.2) is 30.5 Å². The molecular weight excluding hydrogens is 618 g/mol. The Hall–Kier alpha value is -2.46. The molecule has 0 bridgehead atoms. The van der Waals surface area contributed by atoms with Crippen molar-refractivity contribution in [3.8, 4) is 0 Å². The molecule has 6 rings (SSSR count). The zero-order valence-electron chi connectivity index (χ0n) is 26.5. The third-order valence-electron chi connectivity index (χ3n) is 11.6. The van der Waals surface area contributed by atoms with E-state index >= 15 is 4.39 Å². The lowest BCUT2D eigenvalue weighted by atomic mass is 9.49. The fourth-order valence-electron chi connectivity index (χ4n) is 9.26. The maximum Gasteiger partial charge on any atom is 0.251 e. The average Bonchev–Trinajstić information content (AvgIpc) is 3.40. The van der Waals surface area contributed by atoms with Gasteiger partial charge in [0.1, 0.15) is 12.3 Å². The van der Waals surface area contributed by atoms with Crippen molar-refractivity contribution in [2.24, 2.45) is 22.7 Å². The average molecular weight is 662 g/mol. The molecule has 244 valence electrons. The van der Waals surface area contributed by atoms with E-state index in [1.54, 1.807) is 32.3 Å². The molecule has 2 aromatic rings. The summed E-state index contributed by atoms with van der Waals surface area (Å²) in [5.41, 5.74) is 0.258. The molecule has 8 nitrogen and oxygen atoms in total. The second-order valence-corrected chi connectivity index (χ2v) is 15.4. The van der Waals surface area contributed by atoms with Gasteiger partial charge in [-0.1, -0.05) is 50.0 Å². The van der Waals surface area contributed by atoms with Crippen LogP contribution in [0.25, 0.3) is 0 Å². The van der Waals surface area contributed by atoms with Crippen LogP contribution in [0.2, 0.25) is 10.2 Å². The highest BCUT2D eigenvalue weighted by atomic mass is 35.5. The Balaban J connectivity index is 1.47. The van der Waals surface area contributed by atoms with Gasteiger partial charge in [-0.3, -0.25) is 9.59 Å². The molecule has 2 amide bonds. The molecule has 3 N–H and O–H groups in total. The zero-order valence-corrected chi connectivity index (χ0v) is 28.0. The van der Waals surface area contributed by atoms with Gasteiger partial charge in [0, 0.05) is 42.8 Å². The molecule has 2 unspecified atom stereocenters. The molecule has 3 fully saturated rings. The van der Waals surface area contributed by atoms with Crippen LogP contribution in [0.1, 0.15) is 76.3 Å². The lowest BCUT2D eigenvalue weighted by Gasteiger charge is -2.55. The second-order valence-electron chi connectivity index (χ2n) is 14.6. The summed E-state index contributed by atoms with van der Waals surface area (Å²) in [6.45, 7) is 6.80. The maximum absolute atomic E-state index is 16.2. The number of pyridine rings is 1. The van der Waals surface area contributed by atoms with Crippen molar-refractivity contribution in [1.82, 2.24) is 15.2 Å². The van der Waals surface area contributed by atoms with Crippen LogP contribution in [-0.2, 0) is 19.7 Å². The minimum absolute atomic E-state index is 0.0903. The Labute approximate surface area is 274 Å². The summed E-state index contributed by atoms with van der Waals surface area (Å²) in [6.07, 6.45) is 4.18. The molecular formula is C34H43Cl2FN4O4. The van der Waals surface area contributed by atoms with Crippen molar-refractivity contribution in [1.29, 1.82) is 0 Å². The van der Waals surface area contributed by atoms with Gasteiger partial charge in [0.2, 0.25) is 5.91 Å². The minimum atomic E-state index is -1.11. The number of rotatable bonds is 4. The molecule has 1 saturated heterocycles. The number of aliphatic hydroxyl groups is 1. The van der Waals surface area contributed by atoms with Gasteiger partial charge in [0.25, 0.3) is 5.91 Å². The molecule has 11 heteroatoms. The van der Waals surface area contributed by atoms with E-state index in [0.717, 1.165) is 31.2 Å². The van der Waals surface area contributed by atoms with E-state index < -0.39 is 40.8 Å². The Morgan fingerprint density at radius 3 is 2.49 bits per heavy atom. The quantitative estimate of drug-likeness (QED) is 0.353. The normalized spacial score (nSPS) is 33.1. The fraction of sp³-hybridized carbons (Fsp3) is 0.618. The van der Waals surface area contributed by atoms with Crippen molar-refractivity contribution in [2.45, 2.75) is 89.0 Å². The van der Waals surface area contributed by atoms with Gasteiger partial charge in [0.05, 0.1) is 18.1 Å². The van der Waals surface area contributed by atoms with Gasteiger partial charge in [0.15, 0.2) is 11.0 Å². The van der Waals surface area contributed by atoms with Crippen LogP contribution < -0.4 is 10.6 Å². The highest BCUT2D eigenvalue weighted by Gasteiger charge is 2.75. The number of benzene rings is 1. The van der Waals surface area contributed by atoms with E-state index in [1.165, 1.54) is 11.1 Å². The van der Waals surface area contributed by atoms with Crippen LogP contribution in [-0.4, -0.2) is 65.9 Å². The highest BCUT2D eigenvalue weighted by Crippen LogP contribution is 2.75. The number of carbonyl (C=O) groups excluding carboxylic acids is 2. The van der Waals surface area contributed by atoms with Crippen molar-refractivity contribution >= 4 is 40.7 Å². The van der Waals surface area contributed by atoms with Gasteiger partial charge in [-0.15, -0.1) is 0 Å². The third kappa shape index (κ3) is 5.04. The SMILES string of the molecule is CC1[C@@H](C(=O)N[C@@H]2CC[C@@H](C(=O)N(C)C)OC2)[C@H](c2ccnc(Cl)c2F)[C@@]2(c3ccc(Cl)cc3NC2O)C12CCC(C)(C)CC2. The Bertz CT molecular complexity index is 1490. The van der Waals surface area contributed by atoms with Crippen LogP contribution in [0.4, 0.5) is 10.1 Å². The molecule has 7 atom stereocenters. The largest absolute Gasteiger partial charge is 0.373 e. The predicted molar refractivity (Wildman–Crippen MR) is 172 cm³/mol. The number of fused-ring (bicyclic) bond motifs is 3. The molecule has 2 saturated carbocycles. The first-order valence-electron chi connectivity index (χ1n) is 15.9. The number of ether oxygens (including phenoxy) is 1. The molecule has 3 heterocycles. The summed E-state index contributed by atoms with van der Waals surface area (Å²) < 4.78 is 22.1. The van der Waals surface area contributed by atoms with Crippen LogP contribution in [0, 0.1) is 28.5 Å². The standard InChI is InChI=1S/C34H43Cl2FN4O4/c1-18-25(29(42)39-20-7-9-24(45-17-20)30(43)41(4)5)26(21-10-15-38-28(36)27(21)37)34(33(18)13-11-32(2,3)12-14-33)22-8-6-19(35)16-23(22)40-31(34)44/h6,8,10,15-16,18,20,24-26,31,40,44H,7,9,11-14,17H2,1-5H3,(H,39,42)/t18?,20-,24+,25-,26+,31?,34-/m1/s1. The van der Waals surface area contributed by atoms with Crippen molar-refractivity contribution < 1.29 is 23.8 Å². The van der Waals surface area contributed by atoms with Crippen LogP contribution in [0.5, 0.6) is 0 Å². The molecule has 0 radical (unpaired) electrons. The molecule has 45 heavy (non-hydrogen) atoms. The summed E-state index contributed by atoms with van der Waals surface area (Å²) >= 11 is 12.7. The topological polar surface area (TPSA) is 104 Å². The number of aliphatic hydroxyl groups excluding tert-OH is 1. The number of hydrogen-bond donors (Lipinski definition) is 3. The first kappa shape index (κ1) is 32.5. The highest BCUT2D eigenvalue weighted by molar-refractivity contribution is 6.31. The molecule has 2 aliphatic carbocycles. The van der Waals surface area contributed by atoms with Gasteiger partial charge >= 0.3 is 0 Å². The summed E-state index contributed by atoms with van der Waals surface area (Å²) in [6, 6.07) is 6.83.